The molecule has 0 saturated carbocycles. The summed E-state index contributed by atoms with van der Waals surface area (Å²) >= 11 is 1.37. The molecule has 0 bridgehead atoms. The summed E-state index contributed by atoms with van der Waals surface area (Å²) in [5.41, 5.74) is 1.87. The monoisotopic (exact) mass is 341 g/mol. The Morgan fingerprint density at radius 1 is 1.25 bits per heavy atom. The van der Waals surface area contributed by atoms with Crippen molar-refractivity contribution in [2.75, 3.05) is 11.4 Å². The number of anilines is 1. The third-order valence-corrected chi connectivity index (χ3v) is 5.05. The normalized spacial score (nSPS) is 16.6. The largest absolute Gasteiger partial charge is 0.352 e. The summed E-state index contributed by atoms with van der Waals surface area (Å²) < 4.78 is 0. The van der Waals surface area contributed by atoms with E-state index in [4.69, 9.17) is 0 Å². The number of hydrogen-bond donors (Lipinski definition) is 1. The molecule has 0 aliphatic carbocycles. The highest BCUT2D eigenvalue weighted by Gasteiger charge is 2.34. The zero-order chi connectivity index (χ0) is 16.9. The van der Waals surface area contributed by atoms with E-state index >= 15 is 0 Å². The molecule has 3 rings (SSSR count). The number of rotatable bonds is 5. The van der Waals surface area contributed by atoms with E-state index < -0.39 is 5.25 Å². The summed E-state index contributed by atoms with van der Waals surface area (Å²) in [5.74, 6) is -0.155. The maximum atomic E-state index is 12.6. The molecule has 1 aliphatic heterocycles. The summed E-state index contributed by atoms with van der Waals surface area (Å²) in [4.78, 5) is 30.9. The van der Waals surface area contributed by atoms with Crippen molar-refractivity contribution in [3.8, 4) is 0 Å². The molecule has 1 aliphatic rings. The van der Waals surface area contributed by atoms with Gasteiger partial charge in [-0.3, -0.25) is 9.59 Å². The van der Waals surface area contributed by atoms with Crippen molar-refractivity contribution in [2.45, 2.75) is 30.2 Å². The van der Waals surface area contributed by atoms with Gasteiger partial charge < -0.3 is 10.2 Å². The fourth-order valence-electron chi connectivity index (χ4n) is 2.65. The van der Waals surface area contributed by atoms with Gasteiger partial charge in [-0.05, 0) is 24.6 Å². The predicted octanol–water partition coefficient (Wildman–Crippen LogP) is 2.62. The quantitative estimate of drug-likeness (QED) is 0.908. The number of nitrogens with zero attached hydrogens (tertiary/aromatic N) is 2. The van der Waals surface area contributed by atoms with Gasteiger partial charge in [0.15, 0.2) is 0 Å². The molecule has 24 heavy (non-hydrogen) atoms. The second-order valence-corrected chi connectivity index (χ2v) is 6.67. The van der Waals surface area contributed by atoms with Crippen LogP contribution in [0.15, 0.2) is 53.7 Å². The van der Waals surface area contributed by atoms with Crippen LogP contribution < -0.4 is 10.2 Å². The van der Waals surface area contributed by atoms with Crippen LogP contribution in [0.4, 0.5) is 5.69 Å². The molecule has 1 aromatic carbocycles. The number of amides is 2. The molecule has 2 amide bonds. The van der Waals surface area contributed by atoms with E-state index in [1.165, 1.54) is 11.8 Å². The minimum Gasteiger partial charge on any atom is -0.352 e. The number of fused-ring (bicyclic) bond motifs is 1. The zero-order valence-electron chi connectivity index (χ0n) is 13.4. The van der Waals surface area contributed by atoms with E-state index in [9.17, 15) is 9.59 Å². The lowest BCUT2D eigenvalue weighted by atomic mass is 10.2. The van der Waals surface area contributed by atoms with Crippen LogP contribution in [0.5, 0.6) is 0 Å². The first-order chi connectivity index (χ1) is 11.7. The van der Waals surface area contributed by atoms with Crippen molar-refractivity contribution in [1.82, 2.24) is 10.3 Å². The van der Waals surface area contributed by atoms with Crippen molar-refractivity contribution in [1.29, 1.82) is 0 Å². The Morgan fingerprint density at radius 2 is 2.04 bits per heavy atom. The molecule has 0 unspecified atom stereocenters. The van der Waals surface area contributed by atoms with E-state index in [-0.39, 0.29) is 18.2 Å². The molecular weight excluding hydrogens is 322 g/mol. The number of aromatic nitrogens is 1. The van der Waals surface area contributed by atoms with Gasteiger partial charge in [0.25, 0.3) is 0 Å². The Balaban J connectivity index is 1.65. The van der Waals surface area contributed by atoms with Gasteiger partial charge >= 0.3 is 0 Å². The average molecular weight is 341 g/mol. The van der Waals surface area contributed by atoms with Crippen molar-refractivity contribution in [3.63, 3.8) is 0 Å². The predicted molar refractivity (Wildman–Crippen MR) is 94.8 cm³/mol. The molecule has 0 saturated heterocycles. The Bertz CT molecular complexity index is 736. The Labute approximate surface area is 145 Å². The first kappa shape index (κ1) is 16.5. The van der Waals surface area contributed by atoms with Gasteiger partial charge in [-0.2, -0.15) is 0 Å². The minimum atomic E-state index is -0.428. The van der Waals surface area contributed by atoms with Crippen LogP contribution >= 0.6 is 11.8 Å². The van der Waals surface area contributed by atoms with Crippen LogP contribution in [0.1, 0.15) is 18.9 Å². The van der Waals surface area contributed by atoms with E-state index in [0.29, 0.717) is 13.1 Å². The summed E-state index contributed by atoms with van der Waals surface area (Å²) in [6, 6.07) is 13.4. The van der Waals surface area contributed by atoms with Gasteiger partial charge in [0.2, 0.25) is 11.8 Å². The zero-order valence-corrected chi connectivity index (χ0v) is 14.3. The second-order valence-electron chi connectivity index (χ2n) is 5.48. The van der Waals surface area contributed by atoms with E-state index in [1.54, 1.807) is 11.1 Å². The minimum absolute atomic E-state index is 0.0298. The van der Waals surface area contributed by atoms with Gasteiger partial charge in [-0.15, -0.1) is 0 Å². The molecule has 124 valence electrons. The third-order valence-electron chi connectivity index (χ3n) is 3.86. The van der Waals surface area contributed by atoms with Gasteiger partial charge in [-0.1, -0.05) is 42.1 Å². The van der Waals surface area contributed by atoms with Crippen molar-refractivity contribution < 1.29 is 9.59 Å². The summed E-state index contributed by atoms with van der Waals surface area (Å²) in [5, 5.41) is 3.26. The molecule has 6 heteroatoms. The van der Waals surface area contributed by atoms with Gasteiger partial charge in [0.05, 0.1) is 10.9 Å². The topological polar surface area (TPSA) is 62.3 Å². The Kier molecular flexibility index (Phi) is 5.15. The van der Waals surface area contributed by atoms with E-state index in [1.807, 2.05) is 49.4 Å². The number of benzene rings is 1. The molecule has 1 atom stereocenters. The van der Waals surface area contributed by atoms with Gasteiger partial charge in [0, 0.05) is 25.7 Å². The van der Waals surface area contributed by atoms with Crippen molar-refractivity contribution >= 4 is 29.3 Å². The van der Waals surface area contributed by atoms with Crippen LogP contribution in [0.3, 0.4) is 0 Å². The highest BCUT2D eigenvalue weighted by Crippen LogP contribution is 2.38. The number of nitrogens with one attached hydrogen (secondary N) is 1. The van der Waals surface area contributed by atoms with E-state index in [0.717, 1.165) is 16.3 Å². The first-order valence-corrected chi connectivity index (χ1v) is 8.80. The molecule has 0 fully saturated rings. The second kappa shape index (κ2) is 7.49. The van der Waals surface area contributed by atoms with Crippen molar-refractivity contribution in [3.05, 3.63) is 54.2 Å². The average Bonchev–Trinajstić information content (AvgIpc) is 2.62. The molecule has 0 spiro atoms. The number of carbonyl (C=O) groups is 2. The molecule has 0 radical (unpaired) electrons. The summed E-state index contributed by atoms with van der Waals surface area (Å²) in [6.45, 7) is 2.97. The smallest absolute Gasteiger partial charge is 0.241 e. The van der Waals surface area contributed by atoms with Crippen LogP contribution in [0.25, 0.3) is 0 Å². The van der Waals surface area contributed by atoms with Crippen molar-refractivity contribution in [2.24, 2.45) is 0 Å². The van der Waals surface area contributed by atoms with Gasteiger partial charge in [0.1, 0.15) is 5.03 Å². The molecule has 1 N–H and O–H groups in total. The third kappa shape index (κ3) is 3.59. The lowest BCUT2D eigenvalue weighted by Gasteiger charge is -2.31. The molecule has 1 aromatic heterocycles. The van der Waals surface area contributed by atoms with E-state index in [2.05, 4.69) is 10.3 Å². The Hall–Kier alpha value is -2.34. The molecule has 2 aromatic rings. The Morgan fingerprint density at radius 3 is 2.79 bits per heavy atom. The number of carbonyl (C=O) groups excluding carboxylic acids is 2. The molecule has 5 nitrogen and oxygen atoms in total. The standard InChI is InChI=1S/C18H19N3O2S/c1-2-21-14-9-6-10-19-17(14)24-15(18(21)23)11-16(22)20-12-13-7-4-3-5-8-13/h3-10,15H,2,11-12H2,1H3,(H,20,22)/t15-/m1/s1. The summed E-state index contributed by atoms with van der Waals surface area (Å²) in [7, 11) is 0. The van der Waals surface area contributed by atoms with Crippen LogP contribution in [-0.2, 0) is 16.1 Å². The number of pyridine rings is 1. The highest BCUT2D eigenvalue weighted by molar-refractivity contribution is 8.00. The summed E-state index contributed by atoms with van der Waals surface area (Å²) in [6.07, 6.45) is 1.87. The lowest BCUT2D eigenvalue weighted by Crippen LogP contribution is -2.43. The lowest BCUT2D eigenvalue weighted by molar-refractivity contribution is -0.125. The fourth-order valence-corrected chi connectivity index (χ4v) is 3.80. The maximum Gasteiger partial charge on any atom is 0.241 e. The van der Waals surface area contributed by atoms with Crippen LogP contribution in [-0.4, -0.2) is 28.6 Å². The molecule has 2 heterocycles. The maximum absolute atomic E-state index is 12.6. The number of thioether (sulfide) groups is 1. The van der Waals surface area contributed by atoms with Crippen LogP contribution in [0.2, 0.25) is 0 Å². The first-order valence-electron chi connectivity index (χ1n) is 7.92. The van der Waals surface area contributed by atoms with Crippen LogP contribution in [0, 0.1) is 0 Å². The molecular formula is C18H19N3O2S. The SMILES string of the molecule is CCN1C(=O)[C@@H](CC(=O)NCc2ccccc2)Sc2ncccc21. The number of hydrogen-bond acceptors (Lipinski definition) is 4. The fraction of sp³-hybridized carbons (Fsp3) is 0.278. The van der Waals surface area contributed by atoms with Gasteiger partial charge in [-0.25, -0.2) is 4.98 Å². The highest BCUT2D eigenvalue weighted by atomic mass is 32.2.